The summed E-state index contributed by atoms with van der Waals surface area (Å²) in [6, 6.07) is 8.18. The van der Waals surface area contributed by atoms with E-state index in [-0.39, 0.29) is 23.9 Å². The van der Waals surface area contributed by atoms with Gasteiger partial charge in [-0.1, -0.05) is 11.2 Å². The number of aromatic amines is 1. The number of nitrogens with one attached hydrogen (secondary N) is 2. The summed E-state index contributed by atoms with van der Waals surface area (Å²) < 4.78 is 30.2. The highest BCUT2D eigenvalue weighted by atomic mass is 19.3. The molecule has 0 bridgehead atoms. The van der Waals surface area contributed by atoms with E-state index in [1.54, 1.807) is 31.2 Å². The summed E-state index contributed by atoms with van der Waals surface area (Å²) in [6.07, 6.45) is -2.54. The number of hydrogen-bond donors (Lipinski definition) is 2. The Labute approximate surface area is 124 Å². The van der Waals surface area contributed by atoms with Crippen molar-refractivity contribution >= 4 is 16.8 Å². The van der Waals surface area contributed by atoms with Crippen LogP contribution in [-0.2, 0) is 6.54 Å². The minimum atomic E-state index is -2.54. The van der Waals surface area contributed by atoms with Crippen LogP contribution in [0, 0.1) is 6.92 Å². The van der Waals surface area contributed by atoms with Crippen molar-refractivity contribution < 1.29 is 18.1 Å². The van der Waals surface area contributed by atoms with Crippen LogP contribution in [0.25, 0.3) is 10.9 Å². The lowest BCUT2D eigenvalue weighted by molar-refractivity contribution is 0.0914. The standard InChI is InChI=1S/C15H13F2N3O2/c1-8-4-13(22-20-8)15(21)18-7-9-2-3-11-10(5-9)6-12(19-11)14(16)17/h2-6,14,19H,7H2,1H3,(H,18,21). The SMILES string of the molecule is Cc1cc(C(=O)NCc2ccc3[nH]c(C(F)F)cc3c2)on1. The maximum Gasteiger partial charge on any atom is 0.290 e. The second-order valence-electron chi connectivity index (χ2n) is 4.96. The lowest BCUT2D eigenvalue weighted by Crippen LogP contribution is -2.22. The molecule has 0 saturated heterocycles. The third-order valence-corrected chi connectivity index (χ3v) is 3.25. The molecule has 2 aromatic heterocycles. The molecule has 0 aliphatic carbocycles. The molecule has 0 spiro atoms. The number of fused-ring (bicyclic) bond motifs is 1. The van der Waals surface area contributed by atoms with Crippen molar-refractivity contribution in [2.75, 3.05) is 0 Å². The second kappa shape index (κ2) is 5.59. The van der Waals surface area contributed by atoms with E-state index in [0.717, 1.165) is 5.56 Å². The fraction of sp³-hybridized carbons (Fsp3) is 0.200. The Morgan fingerprint density at radius 3 is 2.86 bits per heavy atom. The first-order valence-electron chi connectivity index (χ1n) is 6.64. The fourth-order valence-electron chi connectivity index (χ4n) is 2.17. The van der Waals surface area contributed by atoms with E-state index in [1.165, 1.54) is 6.07 Å². The van der Waals surface area contributed by atoms with Gasteiger partial charge in [0.25, 0.3) is 12.3 Å². The number of carbonyl (C=O) groups is 1. The molecule has 0 saturated carbocycles. The molecule has 2 N–H and O–H groups in total. The summed E-state index contributed by atoms with van der Waals surface area (Å²) in [4.78, 5) is 14.5. The predicted molar refractivity (Wildman–Crippen MR) is 75.7 cm³/mol. The molecule has 0 radical (unpaired) electrons. The van der Waals surface area contributed by atoms with Gasteiger partial charge >= 0.3 is 0 Å². The number of nitrogens with zero attached hydrogens (tertiary/aromatic N) is 1. The van der Waals surface area contributed by atoms with Gasteiger partial charge in [-0.3, -0.25) is 4.79 Å². The number of rotatable bonds is 4. The zero-order chi connectivity index (χ0) is 15.7. The summed E-state index contributed by atoms with van der Waals surface area (Å²) in [7, 11) is 0. The molecule has 0 fully saturated rings. The van der Waals surface area contributed by atoms with Gasteiger partial charge in [-0.2, -0.15) is 0 Å². The third kappa shape index (κ3) is 2.83. The Bertz CT molecular complexity index is 823. The summed E-state index contributed by atoms with van der Waals surface area (Å²) in [5.74, 6) is -0.233. The fourth-order valence-corrected chi connectivity index (χ4v) is 2.17. The number of hydrogen-bond acceptors (Lipinski definition) is 3. The molecule has 1 aromatic carbocycles. The van der Waals surface area contributed by atoms with E-state index in [9.17, 15) is 13.6 Å². The van der Waals surface area contributed by atoms with Crippen molar-refractivity contribution in [1.29, 1.82) is 0 Å². The number of benzene rings is 1. The normalized spacial score (nSPS) is 11.3. The minimum absolute atomic E-state index is 0.117. The van der Waals surface area contributed by atoms with Gasteiger partial charge < -0.3 is 14.8 Å². The molecule has 0 aliphatic rings. The predicted octanol–water partition coefficient (Wildman–Crippen LogP) is 3.33. The van der Waals surface area contributed by atoms with E-state index in [2.05, 4.69) is 15.5 Å². The minimum Gasteiger partial charge on any atom is -0.354 e. The van der Waals surface area contributed by atoms with Crippen molar-refractivity contribution in [3.8, 4) is 0 Å². The highest BCUT2D eigenvalue weighted by molar-refractivity contribution is 5.91. The molecule has 3 rings (SSSR count). The Morgan fingerprint density at radius 1 is 1.36 bits per heavy atom. The van der Waals surface area contributed by atoms with E-state index in [1.807, 2.05) is 0 Å². The molecule has 0 atom stereocenters. The zero-order valence-electron chi connectivity index (χ0n) is 11.7. The van der Waals surface area contributed by atoms with Crippen molar-refractivity contribution in [1.82, 2.24) is 15.5 Å². The first kappa shape index (κ1) is 14.2. The van der Waals surface area contributed by atoms with Gasteiger partial charge in [0.05, 0.1) is 11.4 Å². The number of halogens is 2. The molecule has 3 aromatic rings. The molecule has 7 heteroatoms. The van der Waals surface area contributed by atoms with Crippen LogP contribution >= 0.6 is 0 Å². The van der Waals surface area contributed by atoms with Gasteiger partial charge in [-0.25, -0.2) is 8.78 Å². The Morgan fingerprint density at radius 2 is 2.18 bits per heavy atom. The van der Waals surface area contributed by atoms with Crippen LogP contribution in [0.4, 0.5) is 8.78 Å². The van der Waals surface area contributed by atoms with Crippen molar-refractivity contribution in [2.45, 2.75) is 19.9 Å². The topological polar surface area (TPSA) is 70.9 Å². The highest BCUT2D eigenvalue weighted by Gasteiger charge is 2.12. The molecule has 0 unspecified atom stereocenters. The number of aromatic nitrogens is 2. The largest absolute Gasteiger partial charge is 0.354 e. The quantitative estimate of drug-likeness (QED) is 0.776. The van der Waals surface area contributed by atoms with Crippen LogP contribution in [0.1, 0.15) is 33.9 Å². The van der Waals surface area contributed by atoms with Gasteiger partial charge in [-0.15, -0.1) is 0 Å². The lowest BCUT2D eigenvalue weighted by atomic mass is 10.1. The van der Waals surface area contributed by atoms with Gasteiger partial charge in [0.1, 0.15) is 0 Å². The molecule has 1 amide bonds. The van der Waals surface area contributed by atoms with Crippen LogP contribution in [0.5, 0.6) is 0 Å². The van der Waals surface area contributed by atoms with Crippen LogP contribution < -0.4 is 5.32 Å². The van der Waals surface area contributed by atoms with E-state index < -0.39 is 6.43 Å². The summed E-state index contributed by atoms with van der Waals surface area (Å²) in [5.41, 5.74) is 1.94. The molecule has 5 nitrogen and oxygen atoms in total. The maximum absolute atomic E-state index is 12.6. The van der Waals surface area contributed by atoms with Gasteiger partial charge in [0.2, 0.25) is 5.76 Å². The Hall–Kier alpha value is -2.70. The highest BCUT2D eigenvalue weighted by Crippen LogP contribution is 2.24. The number of alkyl halides is 2. The maximum atomic E-state index is 12.6. The summed E-state index contributed by atoms with van der Waals surface area (Å²) >= 11 is 0. The zero-order valence-corrected chi connectivity index (χ0v) is 11.7. The van der Waals surface area contributed by atoms with Crippen LogP contribution in [0.15, 0.2) is 34.9 Å². The number of H-pyrrole nitrogens is 1. The van der Waals surface area contributed by atoms with Crippen molar-refractivity contribution in [3.63, 3.8) is 0 Å². The first-order valence-corrected chi connectivity index (χ1v) is 6.64. The molecule has 0 aliphatic heterocycles. The number of carbonyl (C=O) groups excluding carboxylic acids is 1. The van der Waals surface area contributed by atoms with E-state index in [0.29, 0.717) is 16.6 Å². The summed E-state index contributed by atoms with van der Waals surface area (Å²) in [5, 5.41) is 7.01. The van der Waals surface area contributed by atoms with E-state index in [4.69, 9.17) is 4.52 Å². The molecule has 2 heterocycles. The molecule has 114 valence electrons. The smallest absolute Gasteiger partial charge is 0.290 e. The monoisotopic (exact) mass is 305 g/mol. The van der Waals surface area contributed by atoms with Gasteiger partial charge in [-0.05, 0) is 30.7 Å². The molecule has 22 heavy (non-hydrogen) atoms. The van der Waals surface area contributed by atoms with Crippen LogP contribution in [0.3, 0.4) is 0 Å². The van der Waals surface area contributed by atoms with Crippen molar-refractivity contribution in [3.05, 3.63) is 53.0 Å². The van der Waals surface area contributed by atoms with Crippen LogP contribution in [0.2, 0.25) is 0 Å². The third-order valence-electron chi connectivity index (χ3n) is 3.25. The average molecular weight is 305 g/mol. The van der Waals surface area contributed by atoms with Crippen molar-refractivity contribution in [2.24, 2.45) is 0 Å². The number of aryl methyl sites for hydroxylation is 1. The molecular formula is C15H13F2N3O2. The van der Waals surface area contributed by atoms with Gasteiger partial charge in [0.15, 0.2) is 0 Å². The summed E-state index contributed by atoms with van der Waals surface area (Å²) in [6.45, 7) is 1.99. The average Bonchev–Trinajstić information content (AvgIpc) is 3.10. The van der Waals surface area contributed by atoms with E-state index >= 15 is 0 Å². The Kier molecular flexibility index (Phi) is 3.62. The molecular weight excluding hydrogens is 292 g/mol. The Balaban J connectivity index is 1.72. The number of amides is 1. The lowest BCUT2D eigenvalue weighted by Gasteiger charge is -2.03. The first-order chi connectivity index (χ1) is 10.5. The second-order valence-corrected chi connectivity index (χ2v) is 4.96. The van der Waals surface area contributed by atoms with Crippen LogP contribution in [-0.4, -0.2) is 16.0 Å². The van der Waals surface area contributed by atoms with Gasteiger partial charge in [0, 0.05) is 23.5 Å².